The van der Waals surface area contributed by atoms with Crippen LogP contribution < -0.4 is 5.32 Å². The molecule has 1 aromatic rings. The maximum Gasteiger partial charge on any atom is 0.0196 e. The largest absolute Gasteiger partial charge is 0.311 e. The first-order chi connectivity index (χ1) is 8.70. The van der Waals surface area contributed by atoms with Gasteiger partial charge in [0.05, 0.1) is 0 Å². The van der Waals surface area contributed by atoms with Gasteiger partial charge in [0.2, 0.25) is 0 Å². The minimum atomic E-state index is 0.653. The third kappa shape index (κ3) is 3.56. The van der Waals surface area contributed by atoms with Crippen LogP contribution in [0, 0.1) is 0 Å². The highest BCUT2D eigenvalue weighted by Crippen LogP contribution is 2.19. The number of rotatable bonds is 5. The van der Waals surface area contributed by atoms with Crippen molar-refractivity contribution in [1.29, 1.82) is 0 Å². The second-order valence-corrected chi connectivity index (χ2v) is 6.60. The van der Waals surface area contributed by atoms with E-state index in [9.17, 15) is 0 Å². The topological polar surface area (TPSA) is 15.3 Å². The smallest absolute Gasteiger partial charge is 0.0196 e. The Morgan fingerprint density at radius 1 is 1.56 bits per heavy atom. The number of piperazine rings is 1. The molecule has 2 heterocycles. The molecule has 102 valence electrons. The normalized spacial score (nSPS) is 27.3. The van der Waals surface area contributed by atoms with Gasteiger partial charge in [0.1, 0.15) is 0 Å². The van der Waals surface area contributed by atoms with Crippen LogP contribution in [0.2, 0.25) is 0 Å². The van der Waals surface area contributed by atoms with Crippen LogP contribution in [0.3, 0.4) is 0 Å². The quantitative estimate of drug-likeness (QED) is 0.881. The third-order valence-electron chi connectivity index (χ3n) is 3.98. The van der Waals surface area contributed by atoms with Gasteiger partial charge in [-0.25, -0.2) is 0 Å². The molecule has 1 aromatic heterocycles. The Bertz CT molecular complexity index is 336. The number of thiophene rings is 1. The van der Waals surface area contributed by atoms with Crippen LogP contribution in [0.25, 0.3) is 0 Å². The van der Waals surface area contributed by atoms with E-state index in [0.29, 0.717) is 18.1 Å². The van der Waals surface area contributed by atoms with Gasteiger partial charge in [0, 0.05) is 36.1 Å². The van der Waals surface area contributed by atoms with Gasteiger partial charge in [-0.05, 0) is 38.1 Å². The molecule has 2 rings (SSSR count). The van der Waals surface area contributed by atoms with Crippen molar-refractivity contribution in [3.8, 4) is 0 Å². The second-order valence-electron chi connectivity index (χ2n) is 5.57. The Hall–Kier alpha value is -0.380. The molecule has 1 aliphatic heterocycles. The monoisotopic (exact) mass is 266 g/mol. The Kier molecular flexibility index (Phi) is 5.22. The first-order valence-electron chi connectivity index (χ1n) is 7.22. The molecule has 0 saturated carbocycles. The second kappa shape index (κ2) is 6.69. The van der Waals surface area contributed by atoms with Crippen molar-refractivity contribution in [2.45, 2.75) is 58.2 Å². The summed E-state index contributed by atoms with van der Waals surface area (Å²) in [6.07, 6.45) is 3.77. The molecule has 1 aliphatic rings. The molecule has 3 heteroatoms. The molecule has 3 atom stereocenters. The predicted octanol–water partition coefficient (Wildman–Crippen LogP) is 3.14. The van der Waals surface area contributed by atoms with Gasteiger partial charge in [-0.15, -0.1) is 11.3 Å². The fourth-order valence-electron chi connectivity index (χ4n) is 2.95. The summed E-state index contributed by atoms with van der Waals surface area (Å²) in [5.41, 5.74) is 0. The van der Waals surface area contributed by atoms with Gasteiger partial charge < -0.3 is 5.32 Å². The van der Waals surface area contributed by atoms with Crippen molar-refractivity contribution >= 4 is 11.3 Å². The van der Waals surface area contributed by atoms with Gasteiger partial charge >= 0.3 is 0 Å². The first-order valence-corrected chi connectivity index (χ1v) is 8.10. The van der Waals surface area contributed by atoms with E-state index in [0.717, 1.165) is 6.54 Å². The average molecular weight is 266 g/mol. The fourth-order valence-corrected chi connectivity index (χ4v) is 3.77. The Morgan fingerprint density at radius 3 is 3.06 bits per heavy atom. The van der Waals surface area contributed by atoms with Crippen LogP contribution in [0.5, 0.6) is 0 Å². The number of nitrogens with one attached hydrogen (secondary N) is 1. The summed E-state index contributed by atoms with van der Waals surface area (Å²) in [5, 5.41) is 5.86. The molecule has 1 fully saturated rings. The minimum Gasteiger partial charge on any atom is -0.311 e. The zero-order valence-electron chi connectivity index (χ0n) is 11.9. The molecule has 3 unspecified atom stereocenters. The van der Waals surface area contributed by atoms with Gasteiger partial charge in [-0.1, -0.05) is 19.4 Å². The molecule has 0 aliphatic carbocycles. The zero-order valence-corrected chi connectivity index (χ0v) is 12.7. The summed E-state index contributed by atoms with van der Waals surface area (Å²) in [6.45, 7) is 9.35. The van der Waals surface area contributed by atoms with Crippen molar-refractivity contribution in [2.75, 3.05) is 13.1 Å². The van der Waals surface area contributed by atoms with Gasteiger partial charge in [0.15, 0.2) is 0 Å². The van der Waals surface area contributed by atoms with Crippen molar-refractivity contribution in [3.63, 3.8) is 0 Å². The average Bonchev–Trinajstić information content (AvgIpc) is 2.84. The van der Waals surface area contributed by atoms with E-state index >= 15 is 0 Å². The number of hydrogen-bond donors (Lipinski definition) is 1. The maximum atomic E-state index is 3.67. The molecule has 18 heavy (non-hydrogen) atoms. The number of nitrogens with zero attached hydrogens (tertiary/aromatic N) is 1. The highest BCUT2D eigenvalue weighted by atomic mass is 32.1. The molecule has 0 radical (unpaired) electrons. The lowest BCUT2D eigenvalue weighted by molar-refractivity contribution is 0.0962. The molecule has 2 nitrogen and oxygen atoms in total. The summed E-state index contributed by atoms with van der Waals surface area (Å²) in [7, 11) is 0. The van der Waals surface area contributed by atoms with Crippen LogP contribution in [-0.4, -0.2) is 36.1 Å². The fraction of sp³-hybridized carbons (Fsp3) is 0.733. The van der Waals surface area contributed by atoms with E-state index in [1.165, 1.54) is 30.7 Å². The lowest BCUT2D eigenvalue weighted by Crippen LogP contribution is -2.58. The SMILES string of the molecule is CCCC1CN(C(C)Cc2cccs2)C(C)CN1. The molecule has 0 bridgehead atoms. The Labute approximate surface area is 115 Å². The number of hydrogen-bond acceptors (Lipinski definition) is 3. The van der Waals surface area contributed by atoms with E-state index in [1.54, 1.807) is 0 Å². The van der Waals surface area contributed by atoms with E-state index in [1.807, 2.05) is 11.3 Å². The summed E-state index contributed by atoms with van der Waals surface area (Å²) in [5.74, 6) is 0. The summed E-state index contributed by atoms with van der Waals surface area (Å²) in [6, 6.07) is 6.43. The van der Waals surface area contributed by atoms with Crippen LogP contribution in [0.1, 0.15) is 38.5 Å². The molecule has 0 aromatic carbocycles. The van der Waals surface area contributed by atoms with Crippen LogP contribution in [0.4, 0.5) is 0 Å². The van der Waals surface area contributed by atoms with Crippen molar-refractivity contribution in [3.05, 3.63) is 22.4 Å². The molecule has 0 spiro atoms. The highest BCUT2D eigenvalue weighted by Gasteiger charge is 2.27. The molecule has 1 saturated heterocycles. The third-order valence-corrected chi connectivity index (χ3v) is 4.88. The standard InChI is InChI=1S/C15H26N2S/c1-4-6-14-11-17(13(3)10-16-14)12(2)9-15-7-5-8-18-15/h5,7-8,12-14,16H,4,6,9-11H2,1-3H3. The Balaban J connectivity index is 1.92. The first kappa shape index (κ1) is 14.0. The van der Waals surface area contributed by atoms with Crippen molar-refractivity contribution in [1.82, 2.24) is 10.2 Å². The Morgan fingerprint density at radius 2 is 2.39 bits per heavy atom. The molecular weight excluding hydrogens is 240 g/mol. The zero-order chi connectivity index (χ0) is 13.0. The molecular formula is C15H26N2S. The lowest BCUT2D eigenvalue weighted by atomic mass is 10.0. The maximum absolute atomic E-state index is 3.67. The van der Waals surface area contributed by atoms with Crippen LogP contribution >= 0.6 is 11.3 Å². The van der Waals surface area contributed by atoms with E-state index in [4.69, 9.17) is 0 Å². The molecule has 1 N–H and O–H groups in total. The molecule has 0 amide bonds. The van der Waals surface area contributed by atoms with E-state index < -0.39 is 0 Å². The van der Waals surface area contributed by atoms with Crippen LogP contribution in [0.15, 0.2) is 17.5 Å². The van der Waals surface area contributed by atoms with Crippen molar-refractivity contribution in [2.24, 2.45) is 0 Å². The predicted molar refractivity (Wildman–Crippen MR) is 80.4 cm³/mol. The van der Waals surface area contributed by atoms with E-state index in [-0.39, 0.29) is 0 Å². The summed E-state index contributed by atoms with van der Waals surface area (Å²) in [4.78, 5) is 4.21. The summed E-state index contributed by atoms with van der Waals surface area (Å²) < 4.78 is 0. The lowest BCUT2D eigenvalue weighted by Gasteiger charge is -2.42. The van der Waals surface area contributed by atoms with Gasteiger partial charge in [-0.2, -0.15) is 0 Å². The van der Waals surface area contributed by atoms with Crippen molar-refractivity contribution < 1.29 is 0 Å². The van der Waals surface area contributed by atoms with Gasteiger partial charge in [-0.3, -0.25) is 4.90 Å². The van der Waals surface area contributed by atoms with Gasteiger partial charge in [0.25, 0.3) is 0 Å². The van der Waals surface area contributed by atoms with Crippen LogP contribution in [-0.2, 0) is 6.42 Å². The summed E-state index contributed by atoms with van der Waals surface area (Å²) >= 11 is 1.89. The minimum absolute atomic E-state index is 0.653. The highest BCUT2D eigenvalue weighted by molar-refractivity contribution is 7.09. The van der Waals surface area contributed by atoms with E-state index in [2.05, 4.69) is 48.5 Å².